The van der Waals surface area contributed by atoms with E-state index >= 15 is 0 Å². The number of hydrogen-bond donors (Lipinski definition) is 3. The number of nitrogen functional groups attached to an aromatic ring is 1. The van der Waals surface area contributed by atoms with Crippen molar-refractivity contribution in [2.45, 2.75) is 25.7 Å². The van der Waals surface area contributed by atoms with Gasteiger partial charge in [-0.05, 0) is 31.4 Å². The van der Waals surface area contributed by atoms with Crippen molar-refractivity contribution < 1.29 is 8.42 Å². The SMILES string of the molecule is Nc1sc(CCCCCNS(N)(=O)=O)nc1-c1ccccn1. The number of aryl methyl sites for hydroxylation is 1. The molecule has 0 spiro atoms. The van der Waals surface area contributed by atoms with Crippen molar-refractivity contribution in [1.29, 1.82) is 0 Å². The van der Waals surface area contributed by atoms with Gasteiger partial charge in [0.1, 0.15) is 10.7 Å². The zero-order chi connectivity index (χ0) is 16.0. The molecule has 120 valence electrons. The molecule has 0 fully saturated rings. The van der Waals surface area contributed by atoms with Gasteiger partial charge < -0.3 is 5.73 Å². The van der Waals surface area contributed by atoms with Gasteiger partial charge in [0.15, 0.2) is 0 Å². The summed E-state index contributed by atoms with van der Waals surface area (Å²) in [5, 5.41) is 6.49. The van der Waals surface area contributed by atoms with Gasteiger partial charge in [0, 0.05) is 12.7 Å². The third-order valence-electron chi connectivity index (χ3n) is 2.98. The molecule has 0 saturated carbocycles. The Hall–Kier alpha value is -1.55. The molecule has 2 aromatic rings. The molecule has 2 aromatic heterocycles. The van der Waals surface area contributed by atoms with Crippen molar-refractivity contribution in [1.82, 2.24) is 14.7 Å². The van der Waals surface area contributed by atoms with Crippen LogP contribution in [-0.2, 0) is 16.6 Å². The average Bonchev–Trinajstić information content (AvgIpc) is 2.83. The van der Waals surface area contributed by atoms with Gasteiger partial charge in [0.25, 0.3) is 10.2 Å². The monoisotopic (exact) mass is 341 g/mol. The van der Waals surface area contributed by atoms with Crippen LogP contribution in [0.15, 0.2) is 24.4 Å². The van der Waals surface area contributed by atoms with Gasteiger partial charge in [-0.25, -0.2) is 14.8 Å². The number of unbranched alkanes of at least 4 members (excludes halogenated alkanes) is 2. The maximum atomic E-state index is 10.7. The van der Waals surface area contributed by atoms with E-state index in [2.05, 4.69) is 14.7 Å². The van der Waals surface area contributed by atoms with Crippen molar-refractivity contribution in [3.05, 3.63) is 29.4 Å². The van der Waals surface area contributed by atoms with Crippen LogP contribution in [-0.4, -0.2) is 24.9 Å². The molecule has 0 amide bonds. The topological polar surface area (TPSA) is 124 Å². The highest BCUT2D eigenvalue weighted by Gasteiger charge is 2.11. The number of anilines is 1. The molecule has 2 heterocycles. The third-order valence-corrected chi connectivity index (χ3v) is 4.53. The molecule has 22 heavy (non-hydrogen) atoms. The molecule has 7 nitrogen and oxygen atoms in total. The van der Waals surface area contributed by atoms with E-state index < -0.39 is 10.2 Å². The highest BCUT2D eigenvalue weighted by atomic mass is 32.2. The second kappa shape index (κ2) is 7.63. The molecule has 0 atom stereocenters. The lowest BCUT2D eigenvalue weighted by molar-refractivity contribution is 0.576. The lowest BCUT2D eigenvalue weighted by Crippen LogP contribution is -2.31. The second-order valence-corrected chi connectivity index (χ2v) is 7.28. The van der Waals surface area contributed by atoms with Gasteiger partial charge in [0.05, 0.1) is 10.7 Å². The minimum atomic E-state index is -3.58. The highest BCUT2D eigenvalue weighted by Crippen LogP contribution is 2.29. The van der Waals surface area contributed by atoms with E-state index in [-0.39, 0.29) is 0 Å². The molecule has 5 N–H and O–H groups in total. The van der Waals surface area contributed by atoms with Gasteiger partial charge in [-0.15, -0.1) is 11.3 Å². The number of nitrogens with two attached hydrogens (primary N) is 2. The van der Waals surface area contributed by atoms with Crippen molar-refractivity contribution in [3.8, 4) is 11.4 Å². The summed E-state index contributed by atoms with van der Waals surface area (Å²) in [7, 11) is -3.58. The molecule has 0 aliphatic heterocycles. The van der Waals surface area contributed by atoms with E-state index in [1.165, 1.54) is 11.3 Å². The minimum Gasteiger partial charge on any atom is -0.389 e. The summed E-state index contributed by atoms with van der Waals surface area (Å²) < 4.78 is 23.7. The van der Waals surface area contributed by atoms with Crippen molar-refractivity contribution >= 4 is 26.5 Å². The summed E-state index contributed by atoms with van der Waals surface area (Å²) >= 11 is 1.47. The maximum Gasteiger partial charge on any atom is 0.274 e. The van der Waals surface area contributed by atoms with Crippen LogP contribution in [0.1, 0.15) is 24.3 Å². The number of nitrogens with zero attached hydrogens (tertiary/aromatic N) is 2. The molecule has 0 unspecified atom stereocenters. The minimum absolute atomic E-state index is 0.359. The van der Waals surface area contributed by atoms with Gasteiger partial charge in [0.2, 0.25) is 0 Å². The van der Waals surface area contributed by atoms with E-state index in [1.807, 2.05) is 18.2 Å². The Balaban J connectivity index is 1.80. The van der Waals surface area contributed by atoms with Crippen LogP contribution >= 0.6 is 11.3 Å². The molecule has 0 radical (unpaired) electrons. The van der Waals surface area contributed by atoms with E-state index in [1.54, 1.807) is 6.20 Å². The van der Waals surface area contributed by atoms with Gasteiger partial charge in [-0.2, -0.15) is 8.42 Å². The summed E-state index contributed by atoms with van der Waals surface area (Å²) in [6, 6.07) is 5.63. The fourth-order valence-corrected chi connectivity index (χ4v) is 3.28. The van der Waals surface area contributed by atoms with E-state index in [9.17, 15) is 8.42 Å². The first-order chi connectivity index (χ1) is 10.5. The molecular weight excluding hydrogens is 322 g/mol. The van der Waals surface area contributed by atoms with Crippen LogP contribution in [0.3, 0.4) is 0 Å². The molecule has 0 aliphatic carbocycles. The van der Waals surface area contributed by atoms with Crippen molar-refractivity contribution in [2.24, 2.45) is 5.14 Å². The normalized spacial score (nSPS) is 11.7. The number of pyridine rings is 1. The fourth-order valence-electron chi connectivity index (χ4n) is 1.96. The number of rotatable bonds is 8. The van der Waals surface area contributed by atoms with E-state index in [0.29, 0.717) is 11.5 Å². The lowest BCUT2D eigenvalue weighted by atomic mass is 10.2. The van der Waals surface area contributed by atoms with Crippen LogP contribution < -0.4 is 15.6 Å². The molecule has 0 aliphatic rings. The third kappa shape index (κ3) is 5.34. The Labute approximate surface area is 134 Å². The summed E-state index contributed by atoms with van der Waals surface area (Å²) in [6.07, 6.45) is 5.08. The first-order valence-corrected chi connectivity index (χ1v) is 9.26. The number of aromatic nitrogens is 2. The van der Waals surface area contributed by atoms with E-state index in [0.717, 1.165) is 42.1 Å². The summed E-state index contributed by atoms with van der Waals surface area (Å²) in [5.74, 6) is 0. The van der Waals surface area contributed by atoms with Crippen LogP contribution in [0.2, 0.25) is 0 Å². The fraction of sp³-hybridized carbons (Fsp3) is 0.385. The molecule has 2 rings (SSSR count). The Morgan fingerprint density at radius 2 is 2.05 bits per heavy atom. The zero-order valence-corrected chi connectivity index (χ0v) is 13.7. The van der Waals surface area contributed by atoms with E-state index in [4.69, 9.17) is 10.9 Å². The van der Waals surface area contributed by atoms with Gasteiger partial charge in [-0.3, -0.25) is 4.98 Å². The lowest BCUT2D eigenvalue weighted by Gasteiger charge is -2.01. The summed E-state index contributed by atoms with van der Waals surface area (Å²) in [4.78, 5) is 8.79. The Bertz CT molecular complexity index is 700. The van der Waals surface area contributed by atoms with Crippen molar-refractivity contribution in [2.75, 3.05) is 12.3 Å². The van der Waals surface area contributed by atoms with Crippen LogP contribution in [0.5, 0.6) is 0 Å². The maximum absolute atomic E-state index is 10.7. The Kier molecular flexibility index (Phi) is 5.83. The van der Waals surface area contributed by atoms with Gasteiger partial charge >= 0.3 is 0 Å². The Morgan fingerprint density at radius 3 is 2.73 bits per heavy atom. The standard InChI is InChI=1S/C13H19N5O2S2/c14-13-12(10-6-3-5-8-16-10)18-11(21-13)7-2-1-4-9-17-22(15,19)20/h3,5-6,8,17H,1-2,4,7,9,14H2,(H2,15,19,20). The van der Waals surface area contributed by atoms with Crippen molar-refractivity contribution in [3.63, 3.8) is 0 Å². The van der Waals surface area contributed by atoms with Crippen LogP contribution in [0.25, 0.3) is 11.4 Å². The Morgan fingerprint density at radius 1 is 1.23 bits per heavy atom. The highest BCUT2D eigenvalue weighted by molar-refractivity contribution is 7.87. The zero-order valence-electron chi connectivity index (χ0n) is 12.0. The molecule has 0 saturated heterocycles. The van der Waals surface area contributed by atoms with Crippen LogP contribution in [0.4, 0.5) is 5.00 Å². The predicted molar refractivity (Wildman–Crippen MR) is 88.4 cm³/mol. The molecule has 0 aromatic carbocycles. The van der Waals surface area contributed by atoms with Crippen LogP contribution in [0, 0.1) is 0 Å². The first-order valence-electron chi connectivity index (χ1n) is 6.89. The largest absolute Gasteiger partial charge is 0.389 e. The van der Waals surface area contributed by atoms with Gasteiger partial charge in [-0.1, -0.05) is 12.5 Å². The number of hydrogen-bond acceptors (Lipinski definition) is 6. The molecule has 9 heteroatoms. The predicted octanol–water partition coefficient (Wildman–Crippen LogP) is 1.29. The number of thiazole rings is 1. The smallest absolute Gasteiger partial charge is 0.274 e. The summed E-state index contributed by atoms with van der Waals surface area (Å²) in [6.45, 7) is 0.359. The second-order valence-electron chi connectivity index (χ2n) is 4.79. The quantitative estimate of drug-likeness (QED) is 0.624. The average molecular weight is 341 g/mol. The molecule has 0 bridgehead atoms. The number of nitrogens with one attached hydrogen (secondary N) is 1. The first kappa shape index (κ1) is 16.8. The summed E-state index contributed by atoms with van der Waals surface area (Å²) in [5.41, 5.74) is 7.51. The molecular formula is C13H19N5O2S2.